The van der Waals surface area contributed by atoms with Crippen LogP contribution in [0.2, 0.25) is 0 Å². The molecular weight excluding hydrogens is 199 g/mol. The Hall–Kier alpha value is 0.130. The summed E-state index contributed by atoms with van der Waals surface area (Å²) in [4.78, 5) is -0.0558. The van der Waals surface area contributed by atoms with Gasteiger partial charge in [0.15, 0.2) is 0 Å². The second-order valence-corrected chi connectivity index (χ2v) is 3.89. The molecule has 1 rings (SSSR count). The second-order valence-electron chi connectivity index (χ2n) is 2.47. The summed E-state index contributed by atoms with van der Waals surface area (Å²) in [6.45, 7) is 1.97. The summed E-state index contributed by atoms with van der Waals surface area (Å²) in [5.74, 6) is 0. The van der Waals surface area contributed by atoms with Crippen LogP contribution in [0, 0.1) is 0 Å². The van der Waals surface area contributed by atoms with E-state index in [1.807, 2.05) is 6.92 Å². The van der Waals surface area contributed by atoms with E-state index in [1.165, 1.54) is 12.1 Å². The first-order valence-corrected chi connectivity index (χ1v) is 5.04. The van der Waals surface area contributed by atoms with E-state index in [-0.39, 0.29) is 34.5 Å². The molecule has 0 amide bonds. The average molecular weight is 209 g/mol. The number of hydrogen-bond donors (Lipinski definition) is 1. The fraction of sp³-hybridized carbons (Fsp3) is 0.250. The van der Waals surface area contributed by atoms with Gasteiger partial charge in [-0.25, -0.2) is 0 Å². The molecule has 0 saturated heterocycles. The molecule has 0 unspecified atom stereocenters. The van der Waals surface area contributed by atoms with E-state index < -0.39 is 10.1 Å². The molecule has 0 fully saturated rings. The van der Waals surface area contributed by atoms with E-state index in [2.05, 4.69) is 0 Å². The maximum absolute atomic E-state index is 10.6. The van der Waals surface area contributed by atoms with Crippen LogP contribution in [-0.4, -0.2) is 13.0 Å². The topological polar surface area (TPSA) is 54.4 Å². The van der Waals surface area contributed by atoms with Gasteiger partial charge in [0.25, 0.3) is 10.1 Å². The fourth-order valence-electron chi connectivity index (χ4n) is 0.897. The minimum Gasteiger partial charge on any atom is -0.282 e. The monoisotopic (exact) mass is 209 g/mol. The van der Waals surface area contributed by atoms with Crippen molar-refractivity contribution in [3.05, 3.63) is 29.8 Å². The van der Waals surface area contributed by atoms with E-state index in [1.54, 1.807) is 12.1 Å². The van der Waals surface area contributed by atoms with Crippen molar-refractivity contribution in [2.45, 2.75) is 18.2 Å². The van der Waals surface area contributed by atoms with Gasteiger partial charge in [-0.05, 0) is 24.1 Å². The third kappa shape index (κ3) is 3.79. The third-order valence-electron chi connectivity index (χ3n) is 1.63. The van der Waals surface area contributed by atoms with Crippen LogP contribution in [0.3, 0.4) is 0 Å². The van der Waals surface area contributed by atoms with Crippen LogP contribution >= 0.6 is 0 Å². The first kappa shape index (κ1) is 13.1. The molecule has 0 aliphatic carbocycles. The van der Waals surface area contributed by atoms with Crippen LogP contribution in [0.25, 0.3) is 0 Å². The molecule has 1 aromatic carbocycles. The largest absolute Gasteiger partial charge is 1.00 e. The summed E-state index contributed by atoms with van der Waals surface area (Å²) in [6.07, 6.45) is 0.853. The van der Waals surface area contributed by atoms with Gasteiger partial charge in [0.1, 0.15) is 0 Å². The van der Waals surface area contributed by atoms with Gasteiger partial charge in [-0.15, -0.1) is 0 Å². The van der Waals surface area contributed by atoms with E-state index in [0.717, 1.165) is 12.0 Å². The Labute approximate surface area is 100 Å². The predicted molar refractivity (Wildman–Crippen MR) is 45.6 cm³/mol. The van der Waals surface area contributed by atoms with Gasteiger partial charge in [0.05, 0.1) is 4.90 Å². The minimum absolute atomic E-state index is 0. The Morgan fingerprint density at radius 3 is 2.00 bits per heavy atom. The summed E-state index contributed by atoms with van der Waals surface area (Å²) in [6, 6.07) is 6.16. The van der Waals surface area contributed by atoms with E-state index in [0.29, 0.717) is 0 Å². The zero-order valence-corrected chi connectivity index (χ0v) is 10.5. The van der Waals surface area contributed by atoms with Crippen molar-refractivity contribution < 1.29 is 42.5 Å². The Morgan fingerprint density at radius 1 is 1.23 bits per heavy atom. The Morgan fingerprint density at radius 2 is 1.69 bits per heavy atom. The van der Waals surface area contributed by atoms with Crippen molar-refractivity contribution in [2.24, 2.45) is 0 Å². The molecule has 1 N–H and O–H groups in total. The van der Waals surface area contributed by atoms with Gasteiger partial charge in [0, 0.05) is 0 Å². The zero-order valence-electron chi connectivity index (χ0n) is 7.69. The molecule has 3 nitrogen and oxygen atoms in total. The number of aryl methyl sites for hydroxylation is 1. The molecule has 66 valence electrons. The second kappa shape index (κ2) is 5.12. The average Bonchev–Trinajstić information content (AvgIpc) is 2.03. The van der Waals surface area contributed by atoms with Gasteiger partial charge in [-0.3, -0.25) is 4.55 Å². The van der Waals surface area contributed by atoms with Crippen molar-refractivity contribution in [3.63, 3.8) is 0 Å². The van der Waals surface area contributed by atoms with Gasteiger partial charge < -0.3 is 0 Å². The smallest absolute Gasteiger partial charge is 0.282 e. The van der Waals surface area contributed by atoms with Gasteiger partial charge in [-0.2, -0.15) is 8.42 Å². The molecule has 5 heteroatoms. The van der Waals surface area contributed by atoms with E-state index >= 15 is 0 Å². The molecule has 0 aromatic heterocycles. The number of rotatable bonds is 2. The minimum atomic E-state index is -4.03. The van der Waals surface area contributed by atoms with Crippen molar-refractivity contribution in [2.75, 3.05) is 0 Å². The van der Waals surface area contributed by atoms with Crippen LogP contribution < -0.4 is 29.6 Å². The molecule has 0 aliphatic heterocycles. The van der Waals surface area contributed by atoms with Gasteiger partial charge >= 0.3 is 29.6 Å². The Kier molecular flexibility index (Phi) is 5.17. The standard InChI is InChI=1S/C8H10O3S.Na/c1-2-7-3-5-8(6-4-7)12(9,10)11;/h3-6H,2H2,1H3,(H,9,10,11);/q;+1. The van der Waals surface area contributed by atoms with Crippen molar-refractivity contribution in [1.29, 1.82) is 0 Å². The predicted octanol–water partition coefficient (Wildman–Crippen LogP) is -1.50. The molecule has 0 spiro atoms. The third-order valence-corrected chi connectivity index (χ3v) is 2.50. The maximum atomic E-state index is 10.6. The summed E-state index contributed by atoms with van der Waals surface area (Å²) in [5, 5.41) is 0. The quantitative estimate of drug-likeness (QED) is 0.476. The molecule has 0 bridgehead atoms. The van der Waals surface area contributed by atoms with E-state index in [4.69, 9.17) is 4.55 Å². The summed E-state index contributed by atoms with van der Waals surface area (Å²) >= 11 is 0. The van der Waals surface area contributed by atoms with Crippen LogP contribution in [0.15, 0.2) is 29.2 Å². The maximum Gasteiger partial charge on any atom is 1.00 e. The molecular formula is C8H10NaO3S+. The number of hydrogen-bond acceptors (Lipinski definition) is 2. The zero-order chi connectivity index (χ0) is 9.19. The summed E-state index contributed by atoms with van der Waals surface area (Å²) in [5.41, 5.74) is 1.04. The summed E-state index contributed by atoms with van der Waals surface area (Å²) < 4.78 is 29.8. The molecule has 0 atom stereocenters. The molecule has 0 heterocycles. The van der Waals surface area contributed by atoms with Crippen molar-refractivity contribution in [1.82, 2.24) is 0 Å². The molecule has 1 aromatic rings. The molecule has 0 aliphatic rings. The molecule has 13 heavy (non-hydrogen) atoms. The van der Waals surface area contributed by atoms with Crippen molar-refractivity contribution in [3.8, 4) is 0 Å². The fourth-order valence-corrected chi connectivity index (χ4v) is 1.38. The van der Waals surface area contributed by atoms with Crippen LogP contribution in [0.4, 0.5) is 0 Å². The normalized spacial score (nSPS) is 10.6. The molecule has 0 radical (unpaired) electrons. The SMILES string of the molecule is CCc1ccc(S(=O)(=O)O)cc1.[Na+]. The number of benzene rings is 1. The van der Waals surface area contributed by atoms with Gasteiger partial charge in [0.2, 0.25) is 0 Å². The van der Waals surface area contributed by atoms with E-state index in [9.17, 15) is 8.42 Å². The Balaban J connectivity index is 0.00000144. The Bertz CT molecular complexity index is 355. The molecule has 0 saturated carbocycles. The first-order chi connectivity index (χ1) is 5.54. The van der Waals surface area contributed by atoms with Crippen LogP contribution in [0.1, 0.15) is 12.5 Å². The van der Waals surface area contributed by atoms with Crippen LogP contribution in [-0.2, 0) is 16.5 Å². The van der Waals surface area contributed by atoms with Gasteiger partial charge in [-0.1, -0.05) is 19.1 Å². The van der Waals surface area contributed by atoms with Crippen molar-refractivity contribution >= 4 is 10.1 Å². The van der Waals surface area contributed by atoms with Crippen LogP contribution in [0.5, 0.6) is 0 Å². The summed E-state index contributed by atoms with van der Waals surface area (Å²) in [7, 11) is -4.03. The first-order valence-electron chi connectivity index (χ1n) is 3.60.